The van der Waals surface area contributed by atoms with E-state index in [9.17, 15) is 14.0 Å². The average molecular weight is 519 g/mol. The molecular formula is C22H19FIN3O3. The number of hydrogen-bond donors (Lipinski definition) is 2. The Hall–Kier alpha value is -2.49. The minimum absolute atomic E-state index is 0.147. The lowest BCUT2D eigenvalue weighted by Gasteiger charge is -2.70. The Morgan fingerprint density at radius 2 is 1.87 bits per heavy atom. The van der Waals surface area contributed by atoms with E-state index < -0.39 is 11.8 Å². The Bertz CT molecular complexity index is 1170. The summed E-state index contributed by atoms with van der Waals surface area (Å²) in [5.41, 5.74) is 1.37. The van der Waals surface area contributed by atoms with Gasteiger partial charge in [0.2, 0.25) is 0 Å². The van der Waals surface area contributed by atoms with Gasteiger partial charge in [0, 0.05) is 9.11 Å². The van der Waals surface area contributed by atoms with E-state index in [2.05, 4.69) is 33.0 Å². The maximum absolute atomic E-state index is 14.4. The highest BCUT2D eigenvalue weighted by Crippen LogP contribution is 2.69. The van der Waals surface area contributed by atoms with Crippen molar-refractivity contribution >= 4 is 45.4 Å². The number of aromatic nitrogens is 2. The fourth-order valence-corrected chi connectivity index (χ4v) is 5.54. The molecule has 6 nitrogen and oxygen atoms in total. The van der Waals surface area contributed by atoms with Crippen molar-refractivity contribution in [2.45, 2.75) is 37.8 Å². The lowest BCUT2D eigenvalue weighted by Crippen LogP contribution is -2.75. The van der Waals surface area contributed by atoms with Gasteiger partial charge in [-0.2, -0.15) is 5.10 Å². The fourth-order valence-electron chi connectivity index (χ4n) is 5.18. The van der Waals surface area contributed by atoms with Crippen molar-refractivity contribution in [3.05, 3.63) is 63.1 Å². The van der Waals surface area contributed by atoms with E-state index in [0.29, 0.717) is 42.3 Å². The van der Waals surface area contributed by atoms with Crippen LogP contribution in [0.3, 0.4) is 0 Å². The molecule has 8 heteroatoms. The summed E-state index contributed by atoms with van der Waals surface area (Å²) in [6.07, 6.45) is 3.66. The fraction of sp³-hybridized carbons (Fsp3) is 0.318. The smallest absolute Gasteiger partial charge is 0.303 e. The van der Waals surface area contributed by atoms with Crippen LogP contribution < -0.4 is 5.32 Å². The van der Waals surface area contributed by atoms with Crippen molar-refractivity contribution in [2.24, 2.45) is 5.41 Å². The zero-order valence-electron chi connectivity index (χ0n) is 16.0. The van der Waals surface area contributed by atoms with Crippen LogP contribution in [0.5, 0.6) is 0 Å². The topological polar surface area (TPSA) is 84.2 Å². The van der Waals surface area contributed by atoms with Crippen LogP contribution in [0.25, 0.3) is 10.9 Å². The van der Waals surface area contributed by atoms with Gasteiger partial charge in [0.15, 0.2) is 0 Å². The Morgan fingerprint density at radius 1 is 1.17 bits per heavy atom. The monoisotopic (exact) mass is 519 g/mol. The Balaban J connectivity index is 1.41. The number of nitrogens with zero attached hydrogens (tertiary/aromatic N) is 2. The quantitative estimate of drug-likeness (QED) is 0.484. The van der Waals surface area contributed by atoms with Crippen molar-refractivity contribution in [3.63, 3.8) is 0 Å². The zero-order valence-corrected chi connectivity index (χ0v) is 18.1. The molecule has 154 valence electrons. The van der Waals surface area contributed by atoms with Gasteiger partial charge in [0.05, 0.1) is 35.6 Å². The molecule has 1 amide bonds. The molecule has 0 spiro atoms. The molecule has 0 aliphatic heterocycles. The molecule has 1 heterocycles. The second-order valence-electron chi connectivity index (χ2n) is 8.62. The van der Waals surface area contributed by atoms with Crippen molar-refractivity contribution in [2.75, 3.05) is 0 Å². The highest BCUT2D eigenvalue weighted by atomic mass is 127. The maximum Gasteiger partial charge on any atom is 0.303 e. The summed E-state index contributed by atoms with van der Waals surface area (Å²) in [6.45, 7) is 0.428. The molecule has 3 aliphatic rings. The highest BCUT2D eigenvalue weighted by Gasteiger charge is 2.68. The number of carboxylic acids is 1. The number of amides is 1. The van der Waals surface area contributed by atoms with E-state index in [1.165, 1.54) is 18.3 Å². The van der Waals surface area contributed by atoms with Crippen LogP contribution in [0.1, 0.15) is 41.6 Å². The molecule has 2 bridgehead atoms. The number of fused-ring (bicyclic) bond motifs is 1. The SMILES string of the molecule is O=C(O)CC12CC(NC(=O)c3ccc(F)c4cnn(Cc5ccc(I)cc5)c34)(C1)C2. The molecule has 2 N–H and O–H groups in total. The summed E-state index contributed by atoms with van der Waals surface area (Å²) in [6, 6.07) is 10.7. The third-order valence-electron chi connectivity index (χ3n) is 6.28. The molecular weight excluding hydrogens is 500 g/mol. The van der Waals surface area contributed by atoms with Crippen molar-refractivity contribution in [1.29, 1.82) is 0 Å². The highest BCUT2D eigenvalue weighted by molar-refractivity contribution is 14.1. The minimum atomic E-state index is -0.797. The molecule has 1 aromatic heterocycles. The molecule has 3 aromatic rings. The molecule has 2 aromatic carbocycles. The van der Waals surface area contributed by atoms with Gasteiger partial charge >= 0.3 is 5.97 Å². The molecule has 6 rings (SSSR count). The number of hydrogen-bond acceptors (Lipinski definition) is 3. The van der Waals surface area contributed by atoms with Crippen molar-refractivity contribution < 1.29 is 19.1 Å². The van der Waals surface area contributed by atoms with Crippen LogP contribution in [0.15, 0.2) is 42.6 Å². The molecule has 3 aliphatic carbocycles. The van der Waals surface area contributed by atoms with Gasteiger partial charge in [-0.1, -0.05) is 12.1 Å². The third-order valence-corrected chi connectivity index (χ3v) is 7.00. The number of carboxylic acid groups (broad SMARTS) is 1. The number of nitrogens with one attached hydrogen (secondary N) is 1. The van der Waals surface area contributed by atoms with Gasteiger partial charge in [0.25, 0.3) is 5.91 Å². The summed E-state index contributed by atoms with van der Waals surface area (Å²) < 4.78 is 17.2. The second-order valence-corrected chi connectivity index (χ2v) is 9.87. The standard InChI is InChI=1S/C22H19FIN3O3/c23-17-6-5-15(20(30)26-22-10-21(11-22,12-22)7-18(28)29)19-16(17)8-25-27(19)9-13-1-3-14(24)4-2-13/h1-6,8H,7,9-12H2,(H,26,30)(H,28,29). The lowest BCUT2D eigenvalue weighted by molar-refractivity contribution is -0.172. The van der Waals surface area contributed by atoms with E-state index in [0.717, 1.165) is 9.13 Å². The van der Waals surface area contributed by atoms with Gasteiger partial charge < -0.3 is 10.4 Å². The van der Waals surface area contributed by atoms with Gasteiger partial charge in [0.1, 0.15) is 5.82 Å². The number of carbonyl (C=O) groups is 2. The molecule has 0 saturated heterocycles. The molecule has 0 radical (unpaired) electrons. The first-order valence-corrected chi connectivity index (χ1v) is 10.8. The molecule has 30 heavy (non-hydrogen) atoms. The van der Waals surface area contributed by atoms with Gasteiger partial charge in [-0.05, 0) is 77.1 Å². The van der Waals surface area contributed by atoms with Crippen LogP contribution >= 0.6 is 22.6 Å². The summed E-state index contributed by atoms with van der Waals surface area (Å²) >= 11 is 2.23. The number of benzene rings is 2. The Labute approximate surface area is 185 Å². The summed E-state index contributed by atoms with van der Waals surface area (Å²) in [5, 5.41) is 16.8. The van der Waals surface area contributed by atoms with Gasteiger partial charge in [-0.15, -0.1) is 0 Å². The first-order valence-electron chi connectivity index (χ1n) is 9.71. The largest absolute Gasteiger partial charge is 0.481 e. The van der Waals surface area contributed by atoms with Gasteiger partial charge in [-0.25, -0.2) is 4.39 Å². The molecule has 3 fully saturated rings. The summed E-state index contributed by atoms with van der Waals surface area (Å²) in [5.74, 6) is -1.48. The second kappa shape index (κ2) is 6.76. The lowest BCUT2D eigenvalue weighted by atomic mass is 9.38. The summed E-state index contributed by atoms with van der Waals surface area (Å²) in [4.78, 5) is 24.1. The number of aliphatic carboxylic acids is 1. The van der Waals surface area contributed by atoms with Crippen molar-refractivity contribution in [1.82, 2.24) is 15.1 Å². The number of carbonyl (C=O) groups excluding carboxylic acids is 1. The Morgan fingerprint density at radius 3 is 2.53 bits per heavy atom. The van der Waals surface area contributed by atoms with Crippen molar-refractivity contribution in [3.8, 4) is 0 Å². The molecule has 0 unspecified atom stereocenters. The third kappa shape index (κ3) is 3.17. The van der Waals surface area contributed by atoms with E-state index in [1.54, 1.807) is 4.68 Å². The molecule has 3 saturated carbocycles. The van der Waals surface area contributed by atoms with Crippen LogP contribution in [-0.4, -0.2) is 32.3 Å². The van der Waals surface area contributed by atoms with E-state index in [4.69, 9.17) is 5.11 Å². The number of rotatable bonds is 6. The van der Waals surface area contributed by atoms with Crippen LogP contribution in [-0.2, 0) is 11.3 Å². The minimum Gasteiger partial charge on any atom is -0.481 e. The predicted octanol–water partition coefficient (Wildman–Crippen LogP) is 3.96. The van der Waals surface area contributed by atoms with Crippen LogP contribution in [0, 0.1) is 14.8 Å². The van der Waals surface area contributed by atoms with Crippen LogP contribution in [0.2, 0.25) is 0 Å². The van der Waals surface area contributed by atoms with E-state index in [1.807, 2.05) is 24.3 Å². The number of halogens is 2. The average Bonchev–Trinajstić information content (AvgIpc) is 3.05. The van der Waals surface area contributed by atoms with Crippen LogP contribution in [0.4, 0.5) is 4.39 Å². The molecule has 0 atom stereocenters. The summed E-state index contributed by atoms with van der Waals surface area (Å²) in [7, 11) is 0. The first-order chi connectivity index (χ1) is 14.3. The first kappa shape index (κ1) is 19.5. The maximum atomic E-state index is 14.4. The normalized spacial score (nSPS) is 24.2. The van der Waals surface area contributed by atoms with E-state index in [-0.39, 0.29) is 23.3 Å². The zero-order chi connectivity index (χ0) is 21.1. The Kier molecular flexibility index (Phi) is 4.39. The predicted molar refractivity (Wildman–Crippen MR) is 117 cm³/mol. The van der Waals surface area contributed by atoms with E-state index >= 15 is 0 Å². The van der Waals surface area contributed by atoms with Gasteiger partial charge in [-0.3, -0.25) is 14.3 Å².